The van der Waals surface area contributed by atoms with Crippen LogP contribution in [0.1, 0.15) is 19.0 Å². The lowest BCUT2D eigenvalue weighted by Gasteiger charge is -2.44. The van der Waals surface area contributed by atoms with E-state index < -0.39 is 48.0 Å². The minimum Gasteiger partial charge on any atom is -0.391 e. The van der Waals surface area contributed by atoms with Crippen molar-refractivity contribution in [3.05, 3.63) is 30.1 Å². The number of aromatic nitrogens is 1. The summed E-state index contributed by atoms with van der Waals surface area (Å²) in [5.74, 6) is 0.458. The van der Waals surface area contributed by atoms with Gasteiger partial charge in [-0.15, -0.1) is 11.8 Å². The number of aliphatic hydroxyl groups excluding tert-OH is 4. The summed E-state index contributed by atoms with van der Waals surface area (Å²) in [7, 11) is 0. The van der Waals surface area contributed by atoms with Gasteiger partial charge in [-0.2, -0.15) is 11.8 Å². The summed E-state index contributed by atoms with van der Waals surface area (Å²) in [6.45, 7) is 2.16. The third-order valence-corrected chi connectivity index (χ3v) is 7.77. The lowest BCUT2D eigenvalue weighted by molar-refractivity contribution is -0.211. The summed E-state index contributed by atoms with van der Waals surface area (Å²) in [5.41, 5.74) is 0.209. The molecule has 0 radical (unpaired) electrons. The Morgan fingerprint density at radius 1 is 1.32 bits per heavy atom. The summed E-state index contributed by atoms with van der Waals surface area (Å²) in [4.78, 5) is 17.2. The van der Waals surface area contributed by atoms with Crippen LogP contribution in [0.25, 0.3) is 0 Å². The highest BCUT2D eigenvalue weighted by atomic mass is 32.2. The first kappa shape index (κ1) is 24.7. The Labute approximate surface area is 190 Å². The van der Waals surface area contributed by atoms with Crippen LogP contribution in [-0.4, -0.2) is 97.4 Å². The molecular weight excluding hydrogens is 442 g/mol. The van der Waals surface area contributed by atoms with Crippen molar-refractivity contribution in [3.8, 4) is 0 Å². The van der Waals surface area contributed by atoms with Crippen LogP contribution in [0.3, 0.4) is 0 Å². The Bertz CT molecular complexity index is 713. The molecular formula is C20H31N3O6S2. The van der Waals surface area contributed by atoms with Crippen molar-refractivity contribution in [3.63, 3.8) is 0 Å². The van der Waals surface area contributed by atoms with E-state index in [4.69, 9.17) is 4.74 Å². The molecule has 0 spiro atoms. The van der Waals surface area contributed by atoms with Crippen LogP contribution in [0.15, 0.2) is 24.4 Å². The fourth-order valence-corrected chi connectivity index (χ4v) is 5.62. The SMILES string of the molecule is CSC1OC(C(NC(=O)C2CC(SCc3ccccn3)CN2)C(C)O)C(O)C(O)C1O. The lowest BCUT2D eigenvalue weighted by atomic mass is 9.92. The second-order valence-corrected chi connectivity index (χ2v) is 10.1. The van der Waals surface area contributed by atoms with Crippen LogP contribution in [0.2, 0.25) is 0 Å². The van der Waals surface area contributed by atoms with Crippen LogP contribution in [0.5, 0.6) is 0 Å². The van der Waals surface area contributed by atoms with E-state index >= 15 is 0 Å². The molecule has 3 heterocycles. The maximum absolute atomic E-state index is 12.9. The first-order valence-electron chi connectivity index (χ1n) is 10.3. The molecule has 0 aliphatic carbocycles. The first-order chi connectivity index (χ1) is 14.8. The van der Waals surface area contributed by atoms with E-state index in [-0.39, 0.29) is 11.2 Å². The number of hydrogen-bond donors (Lipinski definition) is 6. The Kier molecular flexibility index (Phi) is 9.00. The van der Waals surface area contributed by atoms with Gasteiger partial charge in [0.1, 0.15) is 29.9 Å². The molecule has 0 bridgehead atoms. The number of aliphatic hydroxyl groups is 4. The van der Waals surface area contributed by atoms with E-state index in [0.29, 0.717) is 13.0 Å². The molecule has 2 fully saturated rings. The monoisotopic (exact) mass is 473 g/mol. The molecule has 9 unspecified atom stereocenters. The van der Waals surface area contributed by atoms with Gasteiger partial charge in [-0.1, -0.05) is 6.07 Å². The Hall–Kier alpha value is -0.920. The fraction of sp³-hybridized carbons (Fsp3) is 0.700. The van der Waals surface area contributed by atoms with Gasteiger partial charge in [0.2, 0.25) is 5.91 Å². The molecule has 1 amide bonds. The number of thioether (sulfide) groups is 2. The third-order valence-electron chi connectivity index (χ3n) is 5.62. The van der Waals surface area contributed by atoms with E-state index in [1.165, 1.54) is 18.7 Å². The van der Waals surface area contributed by atoms with E-state index in [9.17, 15) is 25.2 Å². The van der Waals surface area contributed by atoms with Crippen LogP contribution < -0.4 is 10.6 Å². The van der Waals surface area contributed by atoms with Crippen molar-refractivity contribution in [1.82, 2.24) is 15.6 Å². The van der Waals surface area contributed by atoms with Crippen molar-refractivity contribution in [2.24, 2.45) is 0 Å². The quantitative estimate of drug-likeness (QED) is 0.280. The van der Waals surface area contributed by atoms with E-state index in [1.54, 1.807) is 24.2 Å². The highest BCUT2D eigenvalue weighted by molar-refractivity contribution is 7.99. The Balaban J connectivity index is 1.57. The number of nitrogens with zero attached hydrogens (tertiary/aromatic N) is 1. The van der Waals surface area contributed by atoms with Crippen molar-refractivity contribution < 1.29 is 30.0 Å². The van der Waals surface area contributed by atoms with Crippen LogP contribution in [0, 0.1) is 0 Å². The number of carbonyl (C=O) groups is 1. The molecule has 0 aromatic carbocycles. The molecule has 2 aliphatic heterocycles. The molecule has 2 aliphatic rings. The van der Waals surface area contributed by atoms with Crippen LogP contribution >= 0.6 is 23.5 Å². The number of carbonyl (C=O) groups excluding carboxylic acids is 1. The molecule has 9 nitrogen and oxygen atoms in total. The predicted molar refractivity (Wildman–Crippen MR) is 120 cm³/mol. The molecule has 1 aromatic heterocycles. The lowest BCUT2D eigenvalue weighted by Crippen LogP contribution is -2.65. The van der Waals surface area contributed by atoms with Gasteiger partial charge >= 0.3 is 0 Å². The second kappa shape index (κ2) is 11.3. The summed E-state index contributed by atoms with van der Waals surface area (Å²) in [5, 5.41) is 47.1. The number of rotatable bonds is 8. The topological polar surface area (TPSA) is 144 Å². The molecule has 0 saturated carbocycles. The summed E-state index contributed by atoms with van der Waals surface area (Å²) >= 11 is 2.92. The Morgan fingerprint density at radius 3 is 2.74 bits per heavy atom. The zero-order valence-corrected chi connectivity index (χ0v) is 19.1. The molecule has 31 heavy (non-hydrogen) atoms. The largest absolute Gasteiger partial charge is 0.391 e. The van der Waals surface area contributed by atoms with Crippen molar-refractivity contribution >= 4 is 29.4 Å². The van der Waals surface area contributed by atoms with E-state index in [1.807, 2.05) is 18.2 Å². The summed E-state index contributed by atoms with van der Waals surface area (Å²) in [6, 6.07) is 4.41. The normalized spacial score (nSPS) is 35.5. The van der Waals surface area contributed by atoms with E-state index in [2.05, 4.69) is 15.6 Å². The van der Waals surface area contributed by atoms with Gasteiger partial charge in [0.05, 0.1) is 23.9 Å². The molecule has 1 aromatic rings. The van der Waals surface area contributed by atoms with Crippen molar-refractivity contribution in [2.75, 3.05) is 12.8 Å². The maximum Gasteiger partial charge on any atom is 0.237 e. The smallest absolute Gasteiger partial charge is 0.237 e. The van der Waals surface area contributed by atoms with Crippen LogP contribution in [-0.2, 0) is 15.3 Å². The fourth-order valence-electron chi connectivity index (χ4n) is 3.82. The highest BCUT2D eigenvalue weighted by Crippen LogP contribution is 2.30. The standard InChI is InChI=1S/C20H31N3O6S2/c1-10(24)14(18-16(26)15(25)17(27)20(29-18)30-2)23-19(28)13-7-12(8-22-13)31-9-11-5-3-4-6-21-11/h3-6,10,12-18,20,22,24-27H,7-9H2,1-2H3,(H,23,28). The number of hydrogen-bond acceptors (Lipinski definition) is 10. The maximum atomic E-state index is 12.9. The predicted octanol–water partition coefficient (Wildman–Crippen LogP) is -0.918. The molecule has 174 valence electrons. The van der Waals surface area contributed by atoms with Gasteiger partial charge in [0, 0.05) is 23.7 Å². The van der Waals surface area contributed by atoms with Gasteiger partial charge < -0.3 is 35.8 Å². The summed E-state index contributed by atoms with van der Waals surface area (Å²) < 4.78 is 5.72. The van der Waals surface area contributed by atoms with Gasteiger partial charge in [-0.3, -0.25) is 9.78 Å². The van der Waals surface area contributed by atoms with Gasteiger partial charge in [-0.25, -0.2) is 0 Å². The molecule has 11 heteroatoms. The van der Waals surface area contributed by atoms with E-state index in [0.717, 1.165) is 11.4 Å². The highest BCUT2D eigenvalue weighted by Gasteiger charge is 2.48. The minimum atomic E-state index is -1.45. The second-order valence-electron chi connectivity index (χ2n) is 7.90. The number of nitrogens with one attached hydrogen (secondary N) is 2. The zero-order chi connectivity index (χ0) is 22.5. The van der Waals surface area contributed by atoms with Gasteiger partial charge in [0.15, 0.2) is 0 Å². The molecule has 6 N–H and O–H groups in total. The molecule has 2 saturated heterocycles. The van der Waals surface area contributed by atoms with Crippen molar-refractivity contribution in [2.45, 2.75) is 72.4 Å². The van der Waals surface area contributed by atoms with Crippen LogP contribution in [0.4, 0.5) is 0 Å². The van der Waals surface area contributed by atoms with Gasteiger partial charge in [-0.05, 0) is 31.7 Å². The Morgan fingerprint density at radius 2 is 2.10 bits per heavy atom. The summed E-state index contributed by atoms with van der Waals surface area (Å²) in [6.07, 6.45) is -2.16. The third kappa shape index (κ3) is 6.11. The minimum absolute atomic E-state index is 0.247. The molecule has 9 atom stereocenters. The van der Waals surface area contributed by atoms with Gasteiger partial charge in [0.25, 0.3) is 0 Å². The average molecular weight is 474 g/mol. The number of amides is 1. The first-order valence-corrected chi connectivity index (χ1v) is 12.6. The average Bonchev–Trinajstić information content (AvgIpc) is 3.25. The number of ether oxygens (including phenoxy) is 1. The van der Waals surface area contributed by atoms with Crippen molar-refractivity contribution in [1.29, 1.82) is 0 Å². The molecule has 3 rings (SSSR count). The number of pyridine rings is 1. The zero-order valence-electron chi connectivity index (χ0n) is 17.5.